The lowest BCUT2D eigenvalue weighted by molar-refractivity contribution is 0.0947. The van der Waals surface area contributed by atoms with Crippen molar-refractivity contribution in [2.24, 2.45) is 5.92 Å². The molecule has 0 saturated heterocycles. The topological polar surface area (TPSA) is 29.1 Å². The molecule has 1 N–H and O–H groups in total. The van der Waals surface area contributed by atoms with Crippen LogP contribution >= 0.6 is 27.5 Å². The van der Waals surface area contributed by atoms with E-state index in [1.54, 1.807) is 0 Å². The lowest BCUT2D eigenvalue weighted by Crippen LogP contribution is -2.29. The van der Waals surface area contributed by atoms with Crippen molar-refractivity contribution in [3.63, 3.8) is 0 Å². The summed E-state index contributed by atoms with van der Waals surface area (Å²) in [6.07, 6.45) is 0.916. The van der Waals surface area contributed by atoms with Crippen molar-refractivity contribution in [2.45, 2.75) is 20.3 Å². The van der Waals surface area contributed by atoms with E-state index in [-0.39, 0.29) is 5.91 Å². The summed E-state index contributed by atoms with van der Waals surface area (Å²) in [7, 11) is 0. The van der Waals surface area contributed by atoms with Crippen molar-refractivity contribution in [3.8, 4) is 0 Å². The van der Waals surface area contributed by atoms with Crippen molar-refractivity contribution < 1.29 is 4.79 Å². The van der Waals surface area contributed by atoms with Crippen LogP contribution in [-0.4, -0.2) is 18.3 Å². The molecular weight excluding hydrogens is 302 g/mol. The molecule has 0 bridgehead atoms. The van der Waals surface area contributed by atoms with E-state index in [9.17, 15) is 4.79 Å². The van der Waals surface area contributed by atoms with Crippen LogP contribution in [0, 0.1) is 12.8 Å². The Morgan fingerprint density at radius 2 is 2.24 bits per heavy atom. The maximum absolute atomic E-state index is 12.0. The zero-order chi connectivity index (χ0) is 12.8. The molecule has 1 atom stereocenters. The molecule has 0 aliphatic carbocycles. The van der Waals surface area contributed by atoms with Crippen molar-refractivity contribution >= 4 is 33.4 Å². The highest BCUT2D eigenvalue weighted by molar-refractivity contribution is 9.10. The average molecular weight is 319 g/mol. The van der Waals surface area contributed by atoms with Crippen LogP contribution in [0.15, 0.2) is 22.7 Å². The monoisotopic (exact) mass is 317 g/mol. The molecule has 0 aromatic heterocycles. The minimum absolute atomic E-state index is 0.0229. The Hall–Kier alpha value is -0.540. The maximum Gasteiger partial charge on any atom is 0.251 e. The number of aryl methyl sites for hydroxylation is 1. The van der Waals surface area contributed by atoms with Crippen LogP contribution in [0.2, 0.25) is 0 Å². The van der Waals surface area contributed by atoms with Crippen LogP contribution in [0.1, 0.15) is 29.3 Å². The highest BCUT2D eigenvalue weighted by atomic mass is 79.9. The molecule has 1 unspecified atom stereocenters. The summed E-state index contributed by atoms with van der Waals surface area (Å²) >= 11 is 9.03. The summed E-state index contributed by atoms with van der Waals surface area (Å²) in [4.78, 5) is 12.0. The summed E-state index contributed by atoms with van der Waals surface area (Å²) in [6.45, 7) is 4.68. The highest BCUT2D eigenvalue weighted by Gasteiger charge is 2.10. The van der Waals surface area contributed by atoms with Gasteiger partial charge in [0.25, 0.3) is 5.91 Å². The number of benzene rings is 1. The number of nitrogens with one attached hydrogen (secondary N) is 1. The number of rotatable bonds is 5. The molecule has 0 radical (unpaired) electrons. The molecule has 4 heteroatoms. The molecular formula is C13H17BrClNO. The molecule has 17 heavy (non-hydrogen) atoms. The molecule has 0 saturated carbocycles. The minimum atomic E-state index is -0.0229. The van der Waals surface area contributed by atoms with Crippen molar-refractivity contribution in [1.29, 1.82) is 0 Å². The third kappa shape index (κ3) is 4.68. The molecule has 0 heterocycles. The molecule has 1 rings (SSSR count). The van der Waals surface area contributed by atoms with E-state index in [1.807, 2.05) is 25.1 Å². The molecule has 0 fully saturated rings. The van der Waals surface area contributed by atoms with Crippen molar-refractivity contribution in [1.82, 2.24) is 5.32 Å². The second kappa shape index (κ2) is 7.02. The van der Waals surface area contributed by atoms with Crippen molar-refractivity contribution in [3.05, 3.63) is 33.8 Å². The van der Waals surface area contributed by atoms with E-state index in [4.69, 9.17) is 11.6 Å². The highest BCUT2D eigenvalue weighted by Crippen LogP contribution is 2.16. The first-order valence-corrected chi connectivity index (χ1v) is 6.97. The van der Waals surface area contributed by atoms with Gasteiger partial charge in [-0.05, 0) is 37.0 Å². The van der Waals surface area contributed by atoms with E-state index in [2.05, 4.69) is 28.2 Å². The van der Waals surface area contributed by atoms with Gasteiger partial charge in [0.15, 0.2) is 0 Å². The van der Waals surface area contributed by atoms with E-state index < -0.39 is 0 Å². The molecule has 1 aromatic rings. The van der Waals surface area contributed by atoms with Gasteiger partial charge < -0.3 is 5.32 Å². The van der Waals surface area contributed by atoms with Gasteiger partial charge in [-0.15, -0.1) is 11.6 Å². The van der Waals surface area contributed by atoms with E-state index in [1.165, 1.54) is 0 Å². The smallest absolute Gasteiger partial charge is 0.251 e. The average Bonchev–Trinajstić information content (AvgIpc) is 2.29. The summed E-state index contributed by atoms with van der Waals surface area (Å²) in [5.41, 5.74) is 1.70. The third-order valence-corrected chi connectivity index (χ3v) is 3.37. The Morgan fingerprint density at radius 1 is 1.53 bits per heavy atom. The Bertz CT molecular complexity index is 395. The first-order valence-electron chi connectivity index (χ1n) is 5.65. The minimum Gasteiger partial charge on any atom is -0.352 e. The second-order valence-corrected chi connectivity index (χ2v) is 5.55. The van der Waals surface area contributed by atoms with Gasteiger partial charge in [-0.3, -0.25) is 4.79 Å². The lowest BCUT2D eigenvalue weighted by Gasteiger charge is -2.12. The van der Waals surface area contributed by atoms with Gasteiger partial charge in [0.1, 0.15) is 0 Å². The second-order valence-electron chi connectivity index (χ2n) is 4.25. The molecule has 94 valence electrons. The number of hydrogen-bond donors (Lipinski definition) is 1. The number of alkyl halides is 1. The molecule has 1 amide bonds. The normalized spacial score (nSPS) is 12.2. The summed E-state index contributed by atoms with van der Waals surface area (Å²) in [6, 6.07) is 5.71. The van der Waals surface area contributed by atoms with Crippen LogP contribution in [0.5, 0.6) is 0 Å². The number of carbonyl (C=O) groups is 1. The van der Waals surface area contributed by atoms with Gasteiger partial charge in [-0.2, -0.15) is 0 Å². The quantitative estimate of drug-likeness (QED) is 0.823. The molecule has 0 aliphatic heterocycles. The van der Waals surface area contributed by atoms with Gasteiger partial charge in [0.05, 0.1) is 0 Å². The summed E-state index contributed by atoms with van der Waals surface area (Å²) in [5, 5.41) is 2.93. The standard InChI is InChI=1S/C13H17BrClNO/c1-9(5-6-15)8-16-13(17)12-7-11(14)4-3-10(12)2/h3-4,7,9H,5-6,8H2,1-2H3,(H,16,17). The van der Waals surface area contributed by atoms with Crippen LogP contribution in [0.4, 0.5) is 0 Å². The predicted octanol–water partition coefficient (Wildman–Crippen LogP) is 3.75. The fraction of sp³-hybridized carbons (Fsp3) is 0.462. The maximum atomic E-state index is 12.0. The van der Waals surface area contributed by atoms with Gasteiger partial charge in [-0.1, -0.05) is 28.9 Å². The Morgan fingerprint density at radius 3 is 2.88 bits per heavy atom. The zero-order valence-electron chi connectivity index (χ0n) is 10.1. The Balaban J connectivity index is 2.61. The number of halogens is 2. The summed E-state index contributed by atoms with van der Waals surface area (Å²) < 4.78 is 0.919. The Kier molecular flexibility index (Phi) is 6.00. The molecule has 2 nitrogen and oxygen atoms in total. The van der Waals surface area contributed by atoms with Gasteiger partial charge in [-0.25, -0.2) is 0 Å². The van der Waals surface area contributed by atoms with Gasteiger partial charge in [0, 0.05) is 22.5 Å². The fourth-order valence-electron chi connectivity index (χ4n) is 1.49. The van der Waals surface area contributed by atoms with E-state index in [0.29, 0.717) is 18.3 Å². The van der Waals surface area contributed by atoms with Crippen LogP contribution in [-0.2, 0) is 0 Å². The molecule has 0 spiro atoms. The number of amides is 1. The Labute approximate surface area is 116 Å². The number of carbonyl (C=O) groups excluding carboxylic acids is 1. The lowest BCUT2D eigenvalue weighted by atomic mass is 10.1. The van der Waals surface area contributed by atoms with Gasteiger partial charge in [0.2, 0.25) is 0 Å². The fourth-order valence-corrected chi connectivity index (χ4v) is 2.22. The van der Waals surface area contributed by atoms with Crippen molar-refractivity contribution in [2.75, 3.05) is 12.4 Å². The van der Waals surface area contributed by atoms with Crippen LogP contribution < -0.4 is 5.32 Å². The number of hydrogen-bond acceptors (Lipinski definition) is 1. The van der Waals surface area contributed by atoms with Crippen LogP contribution in [0.25, 0.3) is 0 Å². The molecule has 0 aliphatic rings. The first-order chi connectivity index (χ1) is 8.04. The van der Waals surface area contributed by atoms with Gasteiger partial charge >= 0.3 is 0 Å². The van der Waals surface area contributed by atoms with Crippen LogP contribution in [0.3, 0.4) is 0 Å². The predicted molar refractivity (Wildman–Crippen MR) is 75.7 cm³/mol. The van der Waals surface area contributed by atoms with E-state index in [0.717, 1.165) is 22.0 Å². The first kappa shape index (κ1) is 14.5. The largest absolute Gasteiger partial charge is 0.352 e. The summed E-state index contributed by atoms with van der Waals surface area (Å²) in [5.74, 6) is 1.02. The molecule has 1 aromatic carbocycles. The SMILES string of the molecule is Cc1ccc(Br)cc1C(=O)NCC(C)CCCl. The zero-order valence-corrected chi connectivity index (χ0v) is 12.4. The third-order valence-electron chi connectivity index (χ3n) is 2.66. The van der Waals surface area contributed by atoms with E-state index >= 15 is 0 Å².